The van der Waals surface area contributed by atoms with E-state index in [0.29, 0.717) is 42.0 Å². The molecule has 1 unspecified atom stereocenters. The molecule has 8 nitrogen and oxygen atoms in total. The fourth-order valence-electron chi connectivity index (χ4n) is 4.85. The topological polar surface area (TPSA) is 122 Å². The maximum absolute atomic E-state index is 12.9. The molecule has 2 N–H and O–H groups in total. The fourth-order valence-corrected chi connectivity index (χ4v) is 4.85. The molecule has 1 aromatic heterocycles. The van der Waals surface area contributed by atoms with Crippen molar-refractivity contribution in [1.29, 1.82) is 10.5 Å². The maximum atomic E-state index is 12.9. The van der Waals surface area contributed by atoms with E-state index >= 15 is 0 Å². The number of nitrogens with zero attached hydrogens (tertiary/aromatic N) is 6. The molecule has 1 aromatic rings. The monoisotopic (exact) mass is 443 g/mol. The molecule has 1 amide bonds. The number of aromatic nitrogens is 1. The number of nitriles is 2. The second-order valence-corrected chi connectivity index (χ2v) is 9.59. The van der Waals surface area contributed by atoms with Gasteiger partial charge < -0.3 is 15.5 Å². The van der Waals surface area contributed by atoms with Crippen molar-refractivity contribution in [2.75, 3.05) is 31.1 Å². The van der Waals surface area contributed by atoms with Gasteiger partial charge in [-0.05, 0) is 50.5 Å². The Kier molecular flexibility index (Phi) is 5.76. The van der Waals surface area contributed by atoms with Crippen LogP contribution < -0.4 is 10.6 Å². The Bertz CT molecular complexity index is 1080. The van der Waals surface area contributed by atoms with Crippen LogP contribution in [0, 0.1) is 34.5 Å². The minimum atomic E-state index is 0.0547. The lowest BCUT2D eigenvalue weighted by Crippen LogP contribution is -2.57. The van der Waals surface area contributed by atoms with Crippen molar-refractivity contribution in [3.05, 3.63) is 29.1 Å². The van der Waals surface area contributed by atoms with Crippen LogP contribution in [-0.4, -0.2) is 54.2 Å². The number of anilines is 1. The van der Waals surface area contributed by atoms with Gasteiger partial charge in [-0.15, -0.1) is 0 Å². The minimum Gasteiger partial charge on any atom is -0.404 e. The standard InChI is InChI=1S/C25H29N7O/c26-7-8-29-14-20(13-28)21-11-19(12-27)24(30-23(21)17-3-4-17)31-9-10-32(25(33)18-5-6-18)22(15-31)16-1-2-16/h11,13-14,16-18,22H,1-6,8-10,15,28H2. The first-order chi connectivity index (χ1) is 16.1. The molecule has 4 aliphatic rings. The van der Waals surface area contributed by atoms with Crippen molar-refractivity contribution in [1.82, 2.24) is 9.88 Å². The molecule has 1 saturated heterocycles. The van der Waals surface area contributed by atoms with Gasteiger partial charge in [0.1, 0.15) is 18.4 Å². The molecule has 170 valence electrons. The third kappa shape index (κ3) is 4.43. The number of rotatable bonds is 7. The molecule has 3 aliphatic carbocycles. The lowest BCUT2D eigenvalue weighted by Gasteiger charge is -2.43. The van der Waals surface area contributed by atoms with Gasteiger partial charge in [0.25, 0.3) is 0 Å². The predicted molar refractivity (Wildman–Crippen MR) is 125 cm³/mol. The Morgan fingerprint density at radius 3 is 2.61 bits per heavy atom. The lowest BCUT2D eigenvalue weighted by molar-refractivity contribution is -0.135. The molecule has 0 aromatic carbocycles. The van der Waals surface area contributed by atoms with Crippen LogP contribution >= 0.6 is 0 Å². The average Bonchev–Trinajstić information content (AvgIpc) is 3.69. The molecule has 0 radical (unpaired) electrons. The van der Waals surface area contributed by atoms with Crippen LogP contribution in [-0.2, 0) is 4.79 Å². The highest BCUT2D eigenvalue weighted by molar-refractivity contribution is 6.10. The van der Waals surface area contributed by atoms with Crippen LogP contribution in [0.15, 0.2) is 17.3 Å². The van der Waals surface area contributed by atoms with Gasteiger partial charge in [-0.3, -0.25) is 9.79 Å². The van der Waals surface area contributed by atoms with Crippen LogP contribution in [0.2, 0.25) is 0 Å². The van der Waals surface area contributed by atoms with E-state index in [1.807, 2.05) is 12.1 Å². The number of aliphatic imine (C=N–C) groups is 1. The van der Waals surface area contributed by atoms with Gasteiger partial charge in [-0.25, -0.2) is 4.98 Å². The molecule has 5 rings (SSSR count). The summed E-state index contributed by atoms with van der Waals surface area (Å²) in [6, 6.07) is 6.42. The van der Waals surface area contributed by atoms with Crippen LogP contribution in [0.3, 0.4) is 0 Å². The zero-order valence-corrected chi connectivity index (χ0v) is 18.8. The summed E-state index contributed by atoms with van der Waals surface area (Å²) in [4.78, 5) is 26.4. The van der Waals surface area contributed by atoms with Gasteiger partial charge in [0.05, 0.1) is 23.4 Å². The predicted octanol–water partition coefficient (Wildman–Crippen LogP) is 2.56. The van der Waals surface area contributed by atoms with Gasteiger partial charge in [0.2, 0.25) is 5.91 Å². The van der Waals surface area contributed by atoms with E-state index in [9.17, 15) is 10.1 Å². The van der Waals surface area contributed by atoms with E-state index < -0.39 is 0 Å². The van der Waals surface area contributed by atoms with Crippen LogP contribution in [0.1, 0.15) is 61.3 Å². The first kappa shape index (κ1) is 21.5. The van der Waals surface area contributed by atoms with Gasteiger partial charge >= 0.3 is 0 Å². The number of piperazine rings is 1. The number of carbonyl (C=O) groups excluding carboxylic acids is 1. The van der Waals surface area contributed by atoms with Crippen molar-refractivity contribution in [3.8, 4) is 12.1 Å². The Labute approximate surface area is 194 Å². The number of allylic oxidation sites excluding steroid dienone is 1. The van der Waals surface area contributed by atoms with Crippen molar-refractivity contribution >= 4 is 23.5 Å². The van der Waals surface area contributed by atoms with E-state index in [2.05, 4.69) is 20.9 Å². The SMILES string of the molecule is N#CCN=CC(=CN)c1cc(C#N)c(N2CCN(C(=O)C3CC3)C(C3CC3)C2)nc1C1CC1. The van der Waals surface area contributed by atoms with Crippen molar-refractivity contribution < 1.29 is 4.79 Å². The molecule has 33 heavy (non-hydrogen) atoms. The minimum absolute atomic E-state index is 0.0547. The summed E-state index contributed by atoms with van der Waals surface area (Å²) >= 11 is 0. The van der Waals surface area contributed by atoms with Crippen LogP contribution in [0.4, 0.5) is 5.82 Å². The maximum Gasteiger partial charge on any atom is 0.226 e. The third-order valence-corrected chi connectivity index (χ3v) is 7.09. The van der Waals surface area contributed by atoms with Crippen LogP contribution in [0.25, 0.3) is 5.57 Å². The zero-order valence-electron chi connectivity index (χ0n) is 18.8. The normalized spacial score (nSPS) is 23.5. The highest BCUT2D eigenvalue weighted by Gasteiger charge is 2.45. The summed E-state index contributed by atoms with van der Waals surface area (Å²) in [6.07, 6.45) is 9.58. The molecular weight excluding hydrogens is 414 g/mol. The Morgan fingerprint density at radius 2 is 2.00 bits per heavy atom. The lowest BCUT2D eigenvalue weighted by atomic mass is 9.99. The van der Waals surface area contributed by atoms with Crippen molar-refractivity contribution in [3.63, 3.8) is 0 Å². The zero-order chi connectivity index (χ0) is 22.9. The second-order valence-electron chi connectivity index (χ2n) is 9.59. The van der Waals surface area contributed by atoms with E-state index in [4.69, 9.17) is 16.0 Å². The quantitative estimate of drug-likeness (QED) is 0.510. The smallest absolute Gasteiger partial charge is 0.226 e. The number of amides is 1. The summed E-state index contributed by atoms with van der Waals surface area (Å²) in [6.45, 7) is 2.17. The van der Waals surface area contributed by atoms with Crippen molar-refractivity contribution in [2.45, 2.75) is 50.5 Å². The molecule has 1 atom stereocenters. The molecule has 4 fully saturated rings. The van der Waals surface area contributed by atoms with Gasteiger partial charge in [0, 0.05) is 55.0 Å². The fraction of sp³-hybridized carbons (Fsp3) is 0.560. The Hall–Kier alpha value is -3.39. The summed E-state index contributed by atoms with van der Waals surface area (Å²) in [5.41, 5.74) is 8.85. The number of hydrogen-bond acceptors (Lipinski definition) is 7. The molecule has 0 spiro atoms. The van der Waals surface area contributed by atoms with E-state index in [1.165, 1.54) is 19.0 Å². The summed E-state index contributed by atoms with van der Waals surface area (Å²) in [5, 5.41) is 18.8. The van der Waals surface area contributed by atoms with Crippen LogP contribution in [0.5, 0.6) is 0 Å². The number of pyridine rings is 1. The third-order valence-electron chi connectivity index (χ3n) is 7.09. The molecule has 8 heteroatoms. The summed E-state index contributed by atoms with van der Waals surface area (Å²) < 4.78 is 0. The molecule has 0 bridgehead atoms. The largest absolute Gasteiger partial charge is 0.404 e. The molecule has 3 saturated carbocycles. The van der Waals surface area contributed by atoms with Gasteiger partial charge in [0.15, 0.2) is 0 Å². The number of carbonyl (C=O) groups is 1. The summed E-state index contributed by atoms with van der Waals surface area (Å²) in [5.74, 6) is 2.19. The van der Waals surface area contributed by atoms with Crippen molar-refractivity contribution in [2.24, 2.45) is 22.6 Å². The molecule has 1 aliphatic heterocycles. The summed E-state index contributed by atoms with van der Waals surface area (Å²) in [7, 11) is 0. The first-order valence-electron chi connectivity index (χ1n) is 11.9. The highest BCUT2D eigenvalue weighted by atomic mass is 16.2. The average molecular weight is 444 g/mol. The highest BCUT2D eigenvalue weighted by Crippen LogP contribution is 2.44. The Morgan fingerprint density at radius 1 is 1.21 bits per heavy atom. The van der Waals surface area contributed by atoms with Gasteiger partial charge in [-0.2, -0.15) is 10.5 Å². The van der Waals surface area contributed by atoms with E-state index in [-0.39, 0.29) is 18.5 Å². The second kappa shape index (κ2) is 8.86. The Balaban J connectivity index is 1.46. The van der Waals surface area contributed by atoms with E-state index in [0.717, 1.165) is 49.3 Å². The molecular formula is C25H29N7O. The molecule has 2 heterocycles. The number of hydrogen-bond donors (Lipinski definition) is 1. The number of nitrogens with two attached hydrogens (primary N) is 1. The van der Waals surface area contributed by atoms with Gasteiger partial charge in [-0.1, -0.05) is 0 Å². The van der Waals surface area contributed by atoms with E-state index in [1.54, 1.807) is 6.21 Å². The first-order valence-corrected chi connectivity index (χ1v) is 11.9.